The first-order chi connectivity index (χ1) is 12.2. The maximum atomic E-state index is 12.6. The van der Waals surface area contributed by atoms with Crippen molar-refractivity contribution in [3.63, 3.8) is 0 Å². The molecule has 2 aliphatic heterocycles. The Labute approximate surface area is 160 Å². The highest BCUT2D eigenvalue weighted by atomic mass is 31.2. The lowest BCUT2D eigenvalue weighted by atomic mass is 9.49. The van der Waals surface area contributed by atoms with Crippen LogP contribution in [0.15, 0.2) is 0 Å². The number of hydrogen-bond donors (Lipinski definition) is 0. The molecule has 0 aliphatic carbocycles. The van der Waals surface area contributed by atoms with Crippen LogP contribution in [0.25, 0.3) is 0 Å². The Bertz CT molecular complexity index is 502. The molecule has 139 valence electrons. The summed E-state index contributed by atoms with van der Waals surface area (Å²) in [7, 11) is 17.9. The highest BCUT2D eigenvalue weighted by Crippen LogP contribution is 2.48. The molecule has 3 unspecified atom stereocenters. The van der Waals surface area contributed by atoms with Crippen LogP contribution in [0.5, 0.6) is 0 Å². The van der Waals surface area contributed by atoms with Crippen molar-refractivity contribution in [2.24, 2.45) is 11.8 Å². The molecule has 9 atom stereocenters. The summed E-state index contributed by atoms with van der Waals surface area (Å²) in [5.74, 6) is -0.190. The van der Waals surface area contributed by atoms with Crippen molar-refractivity contribution in [2.75, 3.05) is 27.4 Å². The first kappa shape index (κ1) is 22.5. The van der Waals surface area contributed by atoms with Crippen LogP contribution in [-0.2, 0) is 32.6 Å². The molecule has 7 radical (unpaired) electrons. The minimum Gasteiger partial charge on any atom is -0.382 e. The van der Waals surface area contributed by atoms with E-state index in [1.165, 1.54) is 14.3 Å². The lowest BCUT2D eigenvalue weighted by Crippen LogP contribution is -2.33. The van der Waals surface area contributed by atoms with Gasteiger partial charge in [0.25, 0.3) is 7.47 Å². The monoisotopic (exact) mass is 379 g/mol. The zero-order valence-corrected chi connectivity index (χ0v) is 16.5. The van der Waals surface area contributed by atoms with Gasteiger partial charge in [-0.2, -0.15) is 0 Å². The Morgan fingerprint density at radius 3 is 2.31 bits per heavy atom. The Morgan fingerprint density at radius 1 is 1.08 bits per heavy atom. The van der Waals surface area contributed by atoms with Gasteiger partial charge in [0.05, 0.1) is 32.6 Å². The van der Waals surface area contributed by atoms with Crippen molar-refractivity contribution in [3.05, 3.63) is 0 Å². The fourth-order valence-electron chi connectivity index (χ4n) is 3.42. The van der Waals surface area contributed by atoms with E-state index in [1.807, 2.05) is 13.8 Å². The average Bonchev–Trinajstić information content (AvgIpc) is 3.04. The van der Waals surface area contributed by atoms with Crippen LogP contribution < -0.4 is 0 Å². The molecule has 2 rings (SSSR count). The fourth-order valence-corrected chi connectivity index (χ4v) is 4.50. The molecule has 2 heterocycles. The molecule has 0 aromatic carbocycles. The molecule has 2 saturated heterocycles. The quantitative estimate of drug-likeness (QED) is 0.413. The Balaban J connectivity index is 1.95. The average molecular weight is 379 g/mol. The van der Waals surface area contributed by atoms with Crippen LogP contribution in [0.3, 0.4) is 0 Å². The SMILES string of the molecule is [B][B][C@@H]1O[C@H](COP([B])(=O)O[C@@H]2C(C)[C@H]([B])O[C@@H]2COC)[C@H](OC)C1C. The second-order valence-corrected chi connectivity index (χ2v) is 8.30. The molecule has 2 aliphatic rings. The number of methoxy groups -OCH3 is 2. The van der Waals surface area contributed by atoms with Crippen molar-refractivity contribution in [3.8, 4) is 0 Å². The highest BCUT2D eigenvalue weighted by molar-refractivity contribution is 7.79. The summed E-state index contributed by atoms with van der Waals surface area (Å²) in [6.07, 6.45) is -1.80. The molecule has 12 heteroatoms. The second kappa shape index (κ2) is 9.64. The first-order valence-electron chi connectivity index (χ1n) is 8.59. The fraction of sp³-hybridized carbons (Fsp3) is 1.00. The van der Waals surface area contributed by atoms with Gasteiger partial charge in [-0.3, -0.25) is 4.57 Å². The predicted molar refractivity (Wildman–Crippen MR) is 99.8 cm³/mol. The van der Waals surface area contributed by atoms with E-state index in [1.54, 1.807) is 7.11 Å². The van der Waals surface area contributed by atoms with E-state index in [4.69, 9.17) is 51.1 Å². The minimum absolute atomic E-state index is 0.0315. The molecule has 26 heavy (non-hydrogen) atoms. The summed E-state index contributed by atoms with van der Waals surface area (Å²) >= 11 is 0. The summed E-state index contributed by atoms with van der Waals surface area (Å²) in [5, 5.41) is 0. The van der Waals surface area contributed by atoms with Crippen LogP contribution in [0.4, 0.5) is 0 Å². The molecule has 0 saturated carbocycles. The van der Waals surface area contributed by atoms with E-state index in [-0.39, 0.29) is 37.2 Å². The van der Waals surface area contributed by atoms with E-state index in [0.29, 0.717) is 0 Å². The maximum Gasteiger partial charge on any atom is 0.264 e. The third kappa shape index (κ3) is 5.19. The van der Waals surface area contributed by atoms with Crippen LogP contribution in [0.1, 0.15) is 13.8 Å². The van der Waals surface area contributed by atoms with Gasteiger partial charge in [-0.1, -0.05) is 13.8 Å². The van der Waals surface area contributed by atoms with Gasteiger partial charge in [0, 0.05) is 45.8 Å². The van der Waals surface area contributed by atoms with Crippen LogP contribution in [0, 0.1) is 11.8 Å². The summed E-state index contributed by atoms with van der Waals surface area (Å²) in [6, 6.07) is -0.836. The van der Waals surface area contributed by atoms with E-state index in [9.17, 15) is 4.57 Å². The Morgan fingerprint density at radius 2 is 1.73 bits per heavy atom. The van der Waals surface area contributed by atoms with Crippen LogP contribution >= 0.6 is 7.47 Å². The zero-order chi connectivity index (χ0) is 19.5. The Kier molecular flexibility index (Phi) is 8.35. The van der Waals surface area contributed by atoms with Gasteiger partial charge in [0.1, 0.15) is 20.1 Å². The molecule has 0 aromatic heterocycles. The van der Waals surface area contributed by atoms with Gasteiger partial charge in [-0.05, 0) is 0 Å². The molecule has 7 nitrogen and oxygen atoms in total. The van der Waals surface area contributed by atoms with Gasteiger partial charge >= 0.3 is 0 Å². The third-order valence-corrected chi connectivity index (χ3v) is 6.00. The van der Waals surface area contributed by atoms with Gasteiger partial charge in [0.2, 0.25) is 7.57 Å². The molecule has 0 aromatic rings. The number of hydrogen-bond acceptors (Lipinski definition) is 7. The summed E-state index contributed by atoms with van der Waals surface area (Å²) in [6.45, 7) is 3.97. The molecule has 2 fully saturated rings. The summed E-state index contributed by atoms with van der Waals surface area (Å²) < 4.78 is 45.4. The number of ether oxygens (including phenoxy) is 4. The number of rotatable bonds is 9. The molecule has 0 spiro atoms. The smallest absolute Gasteiger partial charge is 0.264 e. The van der Waals surface area contributed by atoms with E-state index in [0.717, 1.165) is 0 Å². The van der Waals surface area contributed by atoms with Gasteiger partial charge in [-0.25, -0.2) is 0 Å². The van der Waals surface area contributed by atoms with Crippen molar-refractivity contribution < 1.29 is 32.6 Å². The van der Waals surface area contributed by atoms with Crippen molar-refractivity contribution in [1.82, 2.24) is 0 Å². The second-order valence-electron chi connectivity index (χ2n) is 6.75. The van der Waals surface area contributed by atoms with Gasteiger partial charge in [-0.15, -0.1) is 0 Å². The lowest BCUT2D eigenvalue weighted by molar-refractivity contribution is -0.0292. The zero-order valence-electron chi connectivity index (χ0n) is 15.6. The normalized spacial score (nSPS) is 42.6. The molecular weight excluding hydrogens is 354 g/mol. The largest absolute Gasteiger partial charge is 0.382 e. The summed E-state index contributed by atoms with van der Waals surface area (Å²) in [4.78, 5) is 0. The topological polar surface area (TPSA) is 72.5 Å². The molecule has 0 N–H and O–H groups in total. The first-order valence-corrected chi connectivity index (χ1v) is 10.2. The maximum absolute atomic E-state index is 12.6. The van der Waals surface area contributed by atoms with Crippen molar-refractivity contribution in [1.29, 1.82) is 0 Å². The summed E-state index contributed by atoms with van der Waals surface area (Å²) in [5.41, 5.74) is 0. The van der Waals surface area contributed by atoms with E-state index < -0.39 is 31.8 Å². The minimum atomic E-state index is -3.87. The lowest BCUT2D eigenvalue weighted by Gasteiger charge is -2.27. The predicted octanol–water partition coefficient (Wildman–Crippen LogP) is 0.00440. The molecular formula is C14H24B4O7P. The Hall–Kier alpha value is 0.250. The molecule has 0 amide bonds. The van der Waals surface area contributed by atoms with E-state index in [2.05, 4.69) is 0 Å². The van der Waals surface area contributed by atoms with Gasteiger partial charge < -0.3 is 28.0 Å². The van der Waals surface area contributed by atoms with Crippen molar-refractivity contribution >= 4 is 37.8 Å². The highest BCUT2D eigenvalue weighted by Gasteiger charge is 2.44. The van der Waals surface area contributed by atoms with Crippen molar-refractivity contribution in [2.45, 2.75) is 50.3 Å². The van der Waals surface area contributed by atoms with Gasteiger partial charge in [0.15, 0.2) is 0 Å². The third-order valence-electron chi connectivity index (χ3n) is 4.95. The van der Waals surface area contributed by atoms with Crippen LogP contribution in [-0.4, -0.2) is 94.2 Å². The van der Waals surface area contributed by atoms with Crippen LogP contribution in [0.2, 0.25) is 0 Å². The molecule has 0 bridgehead atoms. The standard InChI is InChI=1S/C14H24B4O7P/c1-7-12(9(5-20-3)23-13(7)15)25-26(17,19)22-6-10-11(21-4)8(2)14(18-16)24-10/h7-14H,5-6H2,1-4H3/t7?,8?,9-,10-,11-,12-,13-,14-,26?/m1/s1. The van der Waals surface area contributed by atoms with E-state index >= 15 is 0 Å².